The molecule has 6 N–H and O–H groups in total. The van der Waals surface area contributed by atoms with Crippen LogP contribution < -0.4 is 21.1 Å². The zero-order chi connectivity index (χ0) is 46.9. The molecule has 2 aromatic carbocycles. The van der Waals surface area contributed by atoms with Gasteiger partial charge in [-0.05, 0) is 85.6 Å². The lowest BCUT2D eigenvalue weighted by Gasteiger charge is -2.35. The lowest BCUT2D eigenvalue weighted by molar-refractivity contribution is -0.0907. The smallest absolute Gasteiger partial charge is 0.407 e. The Morgan fingerprint density at radius 1 is 0.984 bits per heavy atom. The molecule has 20 heteroatoms. The summed E-state index contributed by atoms with van der Waals surface area (Å²) in [6.07, 6.45) is 3.75. The number of fused-ring (bicyclic) bond motifs is 1. The number of nitrogens with one attached hydrogen (secondary N) is 3. The van der Waals surface area contributed by atoms with Crippen molar-refractivity contribution in [2.24, 2.45) is 28.4 Å². The summed E-state index contributed by atoms with van der Waals surface area (Å²) >= 11 is 0. The van der Waals surface area contributed by atoms with Gasteiger partial charge in [0.15, 0.2) is 6.29 Å². The number of hydrogen-bond donors (Lipinski definition) is 5. The number of nitrogens with two attached hydrogens (primary N) is 1. The van der Waals surface area contributed by atoms with E-state index in [0.29, 0.717) is 43.1 Å². The minimum absolute atomic E-state index is 0.0343. The molecule has 16 nitrogen and oxygen atoms in total. The molecule has 4 rings (SSSR count). The summed E-state index contributed by atoms with van der Waals surface area (Å²) in [4.78, 5) is 13.2. The Kier molecular flexibility index (Phi) is 22.6. The van der Waals surface area contributed by atoms with Crippen LogP contribution in [0.5, 0.6) is 0 Å². The molecule has 2 heterocycles. The average molecular weight is 955 g/mol. The van der Waals surface area contributed by atoms with Gasteiger partial charge >= 0.3 is 6.09 Å². The number of ether oxygens (including phenoxy) is 3. The standard InChI is InChI=1S/C31H46N4O7S.C10H23NO2S.CH3ClO2S/c1-31(2,14-8-15-32)21-35(43(38,39)24-12-7-11-23(18-24)33-3)19-27(36)26(17-22-9-5-4-6-10-22)34-30(37)42-28-20-41-29-25(28)13-16-40-29;1-9(2)10(3,4)7-6-8-11-14(5,12)13;1-5(2,3)4/h4-7,9-12,18,25-29,33,36H,8,13-17,19-21,32H2,1-3H3,(H,34,37);9,11H,6-8H2,1-5H3;1H3/t25?,26-,27?,28?,29?;;/m0../s1. The van der Waals surface area contributed by atoms with E-state index in [0.717, 1.165) is 37.5 Å². The lowest BCUT2D eigenvalue weighted by Crippen LogP contribution is -2.52. The molecule has 2 aromatic rings. The van der Waals surface area contributed by atoms with E-state index >= 15 is 0 Å². The maximum Gasteiger partial charge on any atom is 0.407 e. The van der Waals surface area contributed by atoms with Crippen LogP contribution in [-0.2, 0) is 49.7 Å². The number of carbonyl (C=O) groups excluding carboxylic acids is 1. The minimum Gasteiger partial charge on any atom is -0.443 e. The number of anilines is 1. The summed E-state index contributed by atoms with van der Waals surface area (Å²) in [5.74, 6) is 0.591. The molecule has 0 aromatic heterocycles. The van der Waals surface area contributed by atoms with Crippen molar-refractivity contribution in [3.63, 3.8) is 0 Å². The van der Waals surface area contributed by atoms with Crippen molar-refractivity contribution < 1.29 is 49.4 Å². The highest BCUT2D eigenvalue weighted by atomic mass is 35.7. The van der Waals surface area contributed by atoms with Crippen molar-refractivity contribution >= 4 is 51.6 Å². The van der Waals surface area contributed by atoms with Crippen molar-refractivity contribution in [1.29, 1.82) is 0 Å². The Morgan fingerprint density at radius 2 is 1.63 bits per heavy atom. The predicted molar refractivity (Wildman–Crippen MR) is 245 cm³/mol. The summed E-state index contributed by atoms with van der Waals surface area (Å²) in [7, 11) is -4.00. The molecule has 2 fully saturated rings. The van der Waals surface area contributed by atoms with Crippen LogP contribution in [-0.4, -0.2) is 124 Å². The van der Waals surface area contributed by atoms with Gasteiger partial charge in [-0.15, -0.1) is 0 Å². The van der Waals surface area contributed by atoms with E-state index in [4.69, 9.17) is 19.9 Å². The molecular formula is C42H72ClN5O11S3. The molecule has 2 saturated heterocycles. The van der Waals surface area contributed by atoms with E-state index in [9.17, 15) is 35.2 Å². The first-order chi connectivity index (χ1) is 28.7. The SMILES string of the molecule is CC(C)C(C)(C)CCCNS(C)(=O)=O.CNc1cccc(S(=O)(=O)N(CC(O)[C@H](Cc2ccccc2)NC(=O)OC2COC3OCCC23)CC(C)(C)CCCN)c1.CS(=O)(=O)Cl. The monoisotopic (exact) mass is 953 g/mol. The Labute approximate surface area is 375 Å². The molecule has 0 aliphatic carbocycles. The van der Waals surface area contributed by atoms with E-state index in [1.54, 1.807) is 31.3 Å². The second-order valence-electron chi connectivity index (χ2n) is 17.7. The lowest BCUT2D eigenvalue weighted by atomic mass is 9.77. The second-order valence-corrected chi connectivity index (χ2v) is 24.5. The van der Waals surface area contributed by atoms with Crippen LogP contribution in [0.1, 0.15) is 79.2 Å². The quantitative estimate of drug-likeness (QED) is 0.0809. The number of aliphatic hydroxyl groups is 1. The van der Waals surface area contributed by atoms with Gasteiger partial charge in [0.25, 0.3) is 0 Å². The van der Waals surface area contributed by atoms with Crippen LogP contribution in [0.4, 0.5) is 10.5 Å². The number of carbonyl (C=O) groups is 1. The first-order valence-electron chi connectivity index (χ1n) is 20.9. The fourth-order valence-corrected chi connectivity index (χ4v) is 9.00. The van der Waals surface area contributed by atoms with E-state index in [1.807, 2.05) is 44.2 Å². The number of halogens is 1. The number of nitrogens with zero attached hydrogens (tertiary/aromatic N) is 1. The van der Waals surface area contributed by atoms with Gasteiger partial charge in [0.2, 0.25) is 29.1 Å². The van der Waals surface area contributed by atoms with Crippen molar-refractivity contribution in [3.8, 4) is 0 Å². The summed E-state index contributed by atoms with van der Waals surface area (Å²) in [5, 5.41) is 17.4. The minimum atomic E-state index is -4.02. The number of amides is 1. The Morgan fingerprint density at radius 3 is 2.21 bits per heavy atom. The van der Waals surface area contributed by atoms with Gasteiger partial charge in [-0.25, -0.2) is 34.8 Å². The van der Waals surface area contributed by atoms with Crippen LogP contribution in [0, 0.1) is 22.7 Å². The van der Waals surface area contributed by atoms with Gasteiger partial charge in [0.05, 0.1) is 48.7 Å². The molecule has 2 aliphatic rings. The number of sulfonamides is 2. The molecule has 4 unspecified atom stereocenters. The first kappa shape index (κ1) is 55.5. The maximum atomic E-state index is 14.1. The van der Waals surface area contributed by atoms with Crippen LogP contribution in [0.15, 0.2) is 59.5 Å². The van der Waals surface area contributed by atoms with Crippen LogP contribution in [0.25, 0.3) is 0 Å². The number of aliphatic hydroxyl groups excluding tert-OH is 1. The molecule has 62 heavy (non-hydrogen) atoms. The van der Waals surface area contributed by atoms with Crippen molar-refractivity contribution in [3.05, 3.63) is 60.2 Å². The number of hydrogen-bond acceptors (Lipinski definition) is 13. The van der Waals surface area contributed by atoms with Gasteiger partial charge in [0, 0.05) is 43.1 Å². The topological polar surface area (TPSA) is 233 Å². The van der Waals surface area contributed by atoms with E-state index in [-0.39, 0.29) is 43.2 Å². The molecular weight excluding hydrogens is 882 g/mol. The Balaban J connectivity index is 0.000000580. The highest BCUT2D eigenvalue weighted by molar-refractivity contribution is 8.13. The fourth-order valence-electron chi connectivity index (χ4n) is 6.79. The Bertz CT molecular complexity index is 1980. The molecule has 2 aliphatic heterocycles. The number of benzene rings is 2. The van der Waals surface area contributed by atoms with E-state index < -0.39 is 58.9 Å². The average Bonchev–Trinajstić information content (AvgIpc) is 3.80. The molecule has 0 saturated carbocycles. The van der Waals surface area contributed by atoms with Gasteiger partial charge in [-0.2, -0.15) is 4.31 Å². The Hall–Kier alpha value is -2.59. The fraction of sp³-hybridized carbons (Fsp3) is 0.690. The van der Waals surface area contributed by atoms with Gasteiger partial charge in [-0.3, -0.25) is 0 Å². The third-order valence-corrected chi connectivity index (χ3v) is 13.6. The zero-order valence-electron chi connectivity index (χ0n) is 37.8. The van der Waals surface area contributed by atoms with E-state index in [1.165, 1.54) is 10.6 Å². The first-order valence-corrected chi connectivity index (χ1v) is 27.0. The second kappa shape index (κ2) is 25.2. The third kappa shape index (κ3) is 20.9. The highest BCUT2D eigenvalue weighted by Crippen LogP contribution is 2.34. The summed E-state index contributed by atoms with van der Waals surface area (Å²) < 4.78 is 89.1. The molecule has 0 bridgehead atoms. The van der Waals surface area contributed by atoms with E-state index in [2.05, 4.69) is 53.7 Å². The van der Waals surface area contributed by atoms with Crippen LogP contribution >= 0.6 is 10.7 Å². The maximum absolute atomic E-state index is 14.1. The predicted octanol–water partition coefficient (Wildman–Crippen LogP) is 5.13. The zero-order valence-corrected chi connectivity index (χ0v) is 41.0. The molecule has 356 valence electrons. The third-order valence-electron chi connectivity index (χ3n) is 11.0. The van der Waals surface area contributed by atoms with Crippen LogP contribution in [0.2, 0.25) is 0 Å². The molecule has 1 amide bonds. The highest BCUT2D eigenvalue weighted by Gasteiger charge is 2.44. The van der Waals surface area contributed by atoms with Gasteiger partial charge in [-0.1, -0.05) is 77.9 Å². The van der Waals surface area contributed by atoms with Crippen molar-refractivity contribution in [2.75, 3.05) is 64.3 Å². The largest absolute Gasteiger partial charge is 0.443 e. The van der Waals surface area contributed by atoms with Gasteiger partial charge in [0.1, 0.15) is 6.10 Å². The molecule has 0 spiro atoms. The number of rotatable bonds is 21. The van der Waals surface area contributed by atoms with Crippen LogP contribution in [0.3, 0.4) is 0 Å². The summed E-state index contributed by atoms with van der Waals surface area (Å²) in [5.41, 5.74) is 7.16. The molecule has 5 atom stereocenters. The number of alkyl carbamates (subject to hydrolysis) is 1. The van der Waals surface area contributed by atoms with Crippen molar-refractivity contribution in [1.82, 2.24) is 14.3 Å². The van der Waals surface area contributed by atoms with Gasteiger partial charge < -0.3 is 35.7 Å². The summed E-state index contributed by atoms with van der Waals surface area (Å²) in [6.45, 7) is 14.6. The molecule has 0 radical (unpaired) electrons. The normalized spacial score (nSPS) is 19.1. The summed E-state index contributed by atoms with van der Waals surface area (Å²) in [6, 6.07) is 15.2. The van der Waals surface area contributed by atoms with Crippen molar-refractivity contribution in [2.45, 2.75) is 110 Å².